The molecule has 5 rings (SSSR count). The first-order valence-corrected chi connectivity index (χ1v) is 13.3. The summed E-state index contributed by atoms with van der Waals surface area (Å²) >= 11 is 0. The zero-order chi connectivity index (χ0) is 23.1. The summed E-state index contributed by atoms with van der Waals surface area (Å²) in [5.41, 5.74) is 4.46. The monoisotopic (exact) mass is 470 g/mol. The van der Waals surface area contributed by atoms with Crippen molar-refractivity contribution < 1.29 is 13.2 Å². The summed E-state index contributed by atoms with van der Waals surface area (Å²) in [5, 5.41) is 7.11. The van der Waals surface area contributed by atoms with Crippen molar-refractivity contribution in [2.75, 3.05) is 62.7 Å². The van der Waals surface area contributed by atoms with Crippen LogP contribution in [0.15, 0.2) is 47.4 Å². The molecule has 3 heterocycles. The maximum Gasteiger partial charge on any atom is 0.243 e. The van der Waals surface area contributed by atoms with Gasteiger partial charge in [0.1, 0.15) is 0 Å². The number of morpholine rings is 1. The average molecular weight is 471 g/mol. The van der Waals surface area contributed by atoms with E-state index in [1.165, 1.54) is 15.6 Å². The largest absolute Gasteiger partial charge is 0.379 e. The van der Waals surface area contributed by atoms with Crippen molar-refractivity contribution in [2.24, 2.45) is 0 Å². The van der Waals surface area contributed by atoms with Gasteiger partial charge in [0, 0.05) is 50.6 Å². The maximum absolute atomic E-state index is 13.2. The number of sulfonamides is 1. The fourth-order valence-electron chi connectivity index (χ4n) is 5.23. The number of nitrogens with zero attached hydrogens (tertiary/aromatic N) is 2. The molecule has 0 saturated carbocycles. The highest BCUT2D eigenvalue weighted by molar-refractivity contribution is 7.89. The quantitative estimate of drug-likeness (QED) is 0.716. The normalized spacial score (nSPS) is 23.6. The van der Waals surface area contributed by atoms with Crippen LogP contribution >= 0.6 is 0 Å². The van der Waals surface area contributed by atoms with Crippen molar-refractivity contribution in [1.82, 2.24) is 9.62 Å². The van der Waals surface area contributed by atoms with Crippen molar-refractivity contribution >= 4 is 21.4 Å². The number of hydrogen-bond acceptors (Lipinski definition) is 6. The molecule has 0 radical (unpaired) electrons. The van der Waals surface area contributed by atoms with E-state index in [0.717, 1.165) is 43.9 Å². The molecule has 1 unspecified atom stereocenters. The number of benzene rings is 2. The summed E-state index contributed by atoms with van der Waals surface area (Å²) in [6, 6.07) is 14.6. The molecule has 8 heteroatoms. The summed E-state index contributed by atoms with van der Waals surface area (Å²) in [6.07, 6.45) is 0.895. The van der Waals surface area contributed by atoms with Gasteiger partial charge in [-0.2, -0.15) is 4.31 Å². The lowest BCUT2D eigenvalue weighted by molar-refractivity contribution is 0.0730. The number of anilines is 2. The van der Waals surface area contributed by atoms with Crippen LogP contribution in [0.25, 0.3) is 0 Å². The maximum atomic E-state index is 13.2. The SMILES string of the molecule is CC1(C)CC(c2cccc(N3CCNCC3)c2)Nc2ccc(S(=O)(=O)N3CCOCC3)cc21. The average Bonchev–Trinajstić information content (AvgIpc) is 2.84. The second-order valence-electron chi connectivity index (χ2n) is 9.84. The van der Waals surface area contributed by atoms with Crippen LogP contribution in [0.1, 0.15) is 37.4 Å². The zero-order valence-electron chi connectivity index (χ0n) is 19.5. The fraction of sp³-hybridized carbons (Fsp3) is 0.520. The van der Waals surface area contributed by atoms with Crippen molar-refractivity contribution in [2.45, 2.75) is 36.6 Å². The molecule has 0 aromatic heterocycles. The van der Waals surface area contributed by atoms with E-state index in [1.807, 2.05) is 12.1 Å². The van der Waals surface area contributed by atoms with Gasteiger partial charge in [-0.25, -0.2) is 8.42 Å². The van der Waals surface area contributed by atoms with Crippen LogP contribution in [0, 0.1) is 0 Å². The molecule has 3 aliphatic heterocycles. The molecule has 33 heavy (non-hydrogen) atoms. The Bertz CT molecular complexity index is 1110. The molecule has 178 valence electrons. The topological polar surface area (TPSA) is 73.9 Å². The second kappa shape index (κ2) is 8.91. The Balaban J connectivity index is 1.42. The second-order valence-corrected chi connectivity index (χ2v) is 11.8. The van der Waals surface area contributed by atoms with E-state index < -0.39 is 10.0 Å². The first-order valence-electron chi connectivity index (χ1n) is 11.9. The van der Waals surface area contributed by atoms with E-state index in [2.05, 4.69) is 53.6 Å². The highest BCUT2D eigenvalue weighted by atomic mass is 32.2. The van der Waals surface area contributed by atoms with Crippen LogP contribution in [0.3, 0.4) is 0 Å². The van der Waals surface area contributed by atoms with Gasteiger partial charge in [0.15, 0.2) is 0 Å². The minimum atomic E-state index is -3.51. The standard InChI is InChI=1S/C25H34N4O3S/c1-25(2)18-24(19-4-3-5-20(16-19)28-10-8-26-9-11-28)27-23-7-6-21(17-22(23)25)33(30,31)29-12-14-32-15-13-29/h3-7,16-17,24,26-27H,8-15,18H2,1-2H3. The number of fused-ring (bicyclic) bond motifs is 1. The van der Waals surface area contributed by atoms with Crippen molar-refractivity contribution in [3.8, 4) is 0 Å². The molecule has 0 aliphatic carbocycles. The van der Waals surface area contributed by atoms with Gasteiger partial charge in [0.05, 0.1) is 24.2 Å². The molecule has 7 nitrogen and oxygen atoms in total. The van der Waals surface area contributed by atoms with Crippen LogP contribution in [0.2, 0.25) is 0 Å². The number of piperazine rings is 1. The molecule has 2 N–H and O–H groups in total. The van der Waals surface area contributed by atoms with Gasteiger partial charge in [-0.15, -0.1) is 0 Å². The van der Waals surface area contributed by atoms with E-state index in [0.29, 0.717) is 31.2 Å². The third-order valence-electron chi connectivity index (χ3n) is 7.13. The van der Waals surface area contributed by atoms with E-state index in [4.69, 9.17) is 4.74 Å². The van der Waals surface area contributed by atoms with Crippen LogP contribution in [-0.2, 0) is 20.2 Å². The summed E-state index contributed by atoms with van der Waals surface area (Å²) in [7, 11) is -3.51. The van der Waals surface area contributed by atoms with E-state index in [-0.39, 0.29) is 11.5 Å². The Labute approximate surface area is 197 Å². The van der Waals surface area contributed by atoms with E-state index >= 15 is 0 Å². The first-order chi connectivity index (χ1) is 15.8. The Hall–Kier alpha value is -2.13. The molecule has 1 atom stereocenters. The number of hydrogen-bond donors (Lipinski definition) is 2. The third-order valence-corrected chi connectivity index (χ3v) is 9.02. The van der Waals surface area contributed by atoms with Gasteiger partial charge < -0.3 is 20.3 Å². The van der Waals surface area contributed by atoms with Crippen molar-refractivity contribution in [1.29, 1.82) is 0 Å². The van der Waals surface area contributed by atoms with Crippen LogP contribution in [-0.4, -0.2) is 65.2 Å². The van der Waals surface area contributed by atoms with E-state index in [1.54, 1.807) is 6.07 Å². The molecule has 2 aromatic rings. The molecule has 0 spiro atoms. The van der Waals surface area contributed by atoms with Gasteiger partial charge >= 0.3 is 0 Å². The molecule has 2 fully saturated rings. The lowest BCUT2D eigenvalue weighted by Crippen LogP contribution is -2.43. The molecule has 0 amide bonds. The van der Waals surface area contributed by atoms with Gasteiger partial charge in [-0.05, 0) is 53.3 Å². The molecule has 2 saturated heterocycles. The summed E-state index contributed by atoms with van der Waals surface area (Å²) < 4.78 is 33.3. The third kappa shape index (κ3) is 4.49. The van der Waals surface area contributed by atoms with Crippen LogP contribution in [0.4, 0.5) is 11.4 Å². The molecular weight excluding hydrogens is 436 g/mol. The summed E-state index contributed by atoms with van der Waals surface area (Å²) in [4.78, 5) is 2.81. The van der Waals surface area contributed by atoms with Crippen molar-refractivity contribution in [3.05, 3.63) is 53.6 Å². The Morgan fingerprint density at radius 2 is 1.76 bits per heavy atom. The summed E-state index contributed by atoms with van der Waals surface area (Å²) in [5.74, 6) is 0. The summed E-state index contributed by atoms with van der Waals surface area (Å²) in [6.45, 7) is 10.2. The predicted octanol–water partition coefficient (Wildman–Crippen LogP) is 2.95. The van der Waals surface area contributed by atoms with E-state index in [9.17, 15) is 8.42 Å². The zero-order valence-corrected chi connectivity index (χ0v) is 20.3. The highest BCUT2D eigenvalue weighted by Crippen LogP contribution is 2.45. The lowest BCUT2D eigenvalue weighted by atomic mass is 9.74. The number of ether oxygens (including phenoxy) is 1. The Morgan fingerprint density at radius 3 is 2.52 bits per heavy atom. The molecule has 3 aliphatic rings. The Kier molecular flexibility index (Phi) is 6.11. The smallest absolute Gasteiger partial charge is 0.243 e. The minimum Gasteiger partial charge on any atom is -0.379 e. The number of rotatable bonds is 4. The Morgan fingerprint density at radius 1 is 1.00 bits per heavy atom. The minimum absolute atomic E-state index is 0.160. The molecular formula is C25H34N4O3S. The first kappa shape index (κ1) is 22.7. The highest BCUT2D eigenvalue weighted by Gasteiger charge is 2.36. The van der Waals surface area contributed by atoms with Crippen LogP contribution < -0.4 is 15.5 Å². The van der Waals surface area contributed by atoms with Gasteiger partial charge in [0.2, 0.25) is 10.0 Å². The van der Waals surface area contributed by atoms with Gasteiger partial charge in [-0.3, -0.25) is 0 Å². The molecule has 2 aromatic carbocycles. The van der Waals surface area contributed by atoms with Gasteiger partial charge in [0.25, 0.3) is 0 Å². The lowest BCUT2D eigenvalue weighted by Gasteiger charge is -2.40. The predicted molar refractivity (Wildman–Crippen MR) is 132 cm³/mol. The number of nitrogens with one attached hydrogen (secondary N) is 2. The fourth-order valence-corrected chi connectivity index (χ4v) is 6.66. The molecule has 0 bridgehead atoms. The van der Waals surface area contributed by atoms with Crippen LogP contribution in [0.5, 0.6) is 0 Å². The van der Waals surface area contributed by atoms with Crippen molar-refractivity contribution in [3.63, 3.8) is 0 Å². The van der Waals surface area contributed by atoms with Gasteiger partial charge in [-0.1, -0.05) is 26.0 Å².